The average Bonchev–Trinajstić information content (AvgIpc) is 2.71. The summed E-state index contributed by atoms with van der Waals surface area (Å²) in [6.45, 7) is 4.02. The number of rotatable bonds is 3. The van der Waals surface area contributed by atoms with Gasteiger partial charge in [-0.15, -0.1) is 0 Å². The minimum atomic E-state index is -0.474. The molecule has 1 aliphatic heterocycles. The lowest BCUT2D eigenvalue weighted by atomic mass is 10.1. The maximum atomic E-state index is 11.2. The third kappa shape index (κ3) is 3.86. The Hall–Kier alpha value is -1.98. The van der Waals surface area contributed by atoms with Crippen molar-refractivity contribution < 1.29 is 9.90 Å². The van der Waals surface area contributed by atoms with Crippen LogP contribution in [-0.2, 0) is 11.3 Å². The number of hydrogen-bond donors (Lipinski definition) is 2. The van der Waals surface area contributed by atoms with Crippen molar-refractivity contribution in [2.75, 3.05) is 13.1 Å². The summed E-state index contributed by atoms with van der Waals surface area (Å²) in [5, 5.41) is 14.2. The monoisotopic (exact) mass is 313 g/mol. The lowest BCUT2D eigenvalue weighted by Crippen LogP contribution is -2.42. The topological polar surface area (TPSA) is 65.5 Å². The molecule has 0 spiro atoms. The van der Waals surface area contributed by atoms with E-state index in [0.29, 0.717) is 6.42 Å². The second-order valence-corrected chi connectivity index (χ2v) is 6.22. The number of aliphatic hydroxyl groups is 1. The summed E-state index contributed by atoms with van der Waals surface area (Å²) < 4.78 is 0. The van der Waals surface area contributed by atoms with Crippen LogP contribution in [0.1, 0.15) is 25.3 Å². The lowest BCUT2D eigenvalue weighted by Gasteiger charge is -2.21. The molecule has 0 aliphatic carbocycles. The van der Waals surface area contributed by atoms with E-state index in [4.69, 9.17) is 0 Å². The highest BCUT2D eigenvalue weighted by atomic mass is 16.3. The van der Waals surface area contributed by atoms with Gasteiger partial charge in [-0.3, -0.25) is 14.7 Å². The Kier molecular flexibility index (Phi) is 4.88. The van der Waals surface area contributed by atoms with Crippen molar-refractivity contribution in [1.82, 2.24) is 15.2 Å². The first-order valence-corrected chi connectivity index (χ1v) is 8.13. The molecule has 1 saturated heterocycles. The number of para-hydroxylation sites is 1. The fraction of sp³-hybridized carbons (Fsp3) is 0.444. The van der Waals surface area contributed by atoms with E-state index in [9.17, 15) is 9.90 Å². The van der Waals surface area contributed by atoms with Gasteiger partial charge in [0.05, 0.1) is 17.7 Å². The largest absolute Gasteiger partial charge is 0.391 e. The molecular formula is C18H23N3O2. The molecule has 1 amide bonds. The highest BCUT2D eigenvalue weighted by Gasteiger charge is 2.25. The quantitative estimate of drug-likeness (QED) is 0.905. The van der Waals surface area contributed by atoms with Crippen molar-refractivity contribution >= 4 is 16.8 Å². The van der Waals surface area contributed by atoms with Gasteiger partial charge in [0.25, 0.3) is 0 Å². The zero-order chi connectivity index (χ0) is 16.2. The van der Waals surface area contributed by atoms with Crippen LogP contribution in [0.3, 0.4) is 0 Å². The number of fused-ring (bicyclic) bond motifs is 1. The number of nitrogens with one attached hydrogen (secondary N) is 1. The predicted molar refractivity (Wildman–Crippen MR) is 89.9 cm³/mol. The van der Waals surface area contributed by atoms with Crippen LogP contribution < -0.4 is 5.32 Å². The fourth-order valence-electron chi connectivity index (χ4n) is 3.26. The highest BCUT2D eigenvalue weighted by Crippen LogP contribution is 2.20. The highest BCUT2D eigenvalue weighted by molar-refractivity contribution is 5.81. The number of amides is 1. The molecule has 1 aromatic carbocycles. The standard InChI is InChI=1S/C18H23N3O2/c1-13(22)20-17-7-10-21(11-8-18(17)23)12-14-6-9-19-16-5-3-2-4-15(14)16/h2-6,9,17-18,23H,7-8,10-12H2,1H3,(H,20,22)/t17-,18-/m0/s1. The number of likely N-dealkylation sites (tertiary alicyclic amines) is 1. The van der Waals surface area contributed by atoms with Crippen LogP contribution >= 0.6 is 0 Å². The zero-order valence-corrected chi connectivity index (χ0v) is 13.4. The maximum Gasteiger partial charge on any atom is 0.217 e. The van der Waals surface area contributed by atoms with Crippen molar-refractivity contribution in [3.63, 3.8) is 0 Å². The molecule has 2 atom stereocenters. The summed E-state index contributed by atoms with van der Waals surface area (Å²) in [6, 6.07) is 10.1. The van der Waals surface area contributed by atoms with Crippen LogP contribution in [0.25, 0.3) is 10.9 Å². The number of nitrogens with zero attached hydrogens (tertiary/aromatic N) is 2. The molecule has 5 heteroatoms. The lowest BCUT2D eigenvalue weighted by molar-refractivity contribution is -0.120. The van der Waals surface area contributed by atoms with Crippen LogP contribution in [0.4, 0.5) is 0 Å². The number of carbonyl (C=O) groups excluding carboxylic acids is 1. The van der Waals surface area contributed by atoms with Gasteiger partial charge in [-0.1, -0.05) is 18.2 Å². The third-order valence-electron chi connectivity index (χ3n) is 4.48. The number of aliphatic hydroxyl groups excluding tert-OH is 1. The Morgan fingerprint density at radius 2 is 2.09 bits per heavy atom. The van der Waals surface area contributed by atoms with Crippen molar-refractivity contribution in [3.8, 4) is 0 Å². The van der Waals surface area contributed by atoms with E-state index in [1.54, 1.807) is 0 Å². The first-order valence-electron chi connectivity index (χ1n) is 8.13. The van der Waals surface area contributed by atoms with E-state index >= 15 is 0 Å². The van der Waals surface area contributed by atoms with E-state index in [0.717, 1.165) is 31.6 Å². The van der Waals surface area contributed by atoms with Gasteiger partial charge < -0.3 is 10.4 Å². The number of benzene rings is 1. The second-order valence-electron chi connectivity index (χ2n) is 6.22. The first-order chi connectivity index (χ1) is 11.1. The number of carbonyl (C=O) groups is 1. The molecule has 0 radical (unpaired) electrons. The Morgan fingerprint density at radius 3 is 2.91 bits per heavy atom. The first kappa shape index (κ1) is 15.9. The fourth-order valence-corrected chi connectivity index (χ4v) is 3.26. The summed E-state index contributed by atoms with van der Waals surface area (Å²) in [7, 11) is 0. The van der Waals surface area contributed by atoms with E-state index in [1.807, 2.05) is 24.4 Å². The Labute approximate surface area is 136 Å². The van der Waals surface area contributed by atoms with Gasteiger partial charge in [0, 0.05) is 38.1 Å². The molecule has 1 fully saturated rings. The molecule has 122 valence electrons. The summed E-state index contributed by atoms with van der Waals surface area (Å²) >= 11 is 0. The van der Waals surface area contributed by atoms with Crippen LogP contribution in [0.2, 0.25) is 0 Å². The Balaban J connectivity index is 1.72. The van der Waals surface area contributed by atoms with Crippen LogP contribution in [0.15, 0.2) is 36.5 Å². The third-order valence-corrected chi connectivity index (χ3v) is 4.48. The van der Waals surface area contributed by atoms with Crippen LogP contribution in [0, 0.1) is 0 Å². The Bertz CT molecular complexity index is 684. The zero-order valence-electron chi connectivity index (χ0n) is 13.4. The van der Waals surface area contributed by atoms with Crippen molar-refractivity contribution in [1.29, 1.82) is 0 Å². The summed E-state index contributed by atoms with van der Waals surface area (Å²) in [4.78, 5) is 18.0. The minimum absolute atomic E-state index is 0.0809. The molecule has 1 aliphatic rings. The number of pyridine rings is 1. The molecule has 2 heterocycles. The molecule has 2 N–H and O–H groups in total. The molecule has 1 aromatic heterocycles. The SMILES string of the molecule is CC(=O)N[C@H]1CCN(Cc2ccnc3ccccc23)CC[C@@H]1O. The number of aromatic nitrogens is 1. The minimum Gasteiger partial charge on any atom is -0.391 e. The molecule has 0 unspecified atom stereocenters. The average molecular weight is 313 g/mol. The van der Waals surface area contributed by atoms with E-state index in [-0.39, 0.29) is 11.9 Å². The van der Waals surface area contributed by atoms with Gasteiger partial charge in [-0.05, 0) is 30.5 Å². The summed E-state index contributed by atoms with van der Waals surface area (Å²) in [6.07, 6.45) is 2.82. The Morgan fingerprint density at radius 1 is 1.30 bits per heavy atom. The molecule has 2 aromatic rings. The van der Waals surface area contributed by atoms with Gasteiger partial charge in [0.1, 0.15) is 0 Å². The number of hydrogen-bond acceptors (Lipinski definition) is 4. The summed E-state index contributed by atoms with van der Waals surface area (Å²) in [5.41, 5.74) is 2.26. The van der Waals surface area contributed by atoms with Gasteiger partial charge >= 0.3 is 0 Å². The van der Waals surface area contributed by atoms with Crippen molar-refractivity contribution in [2.45, 2.75) is 38.5 Å². The van der Waals surface area contributed by atoms with E-state index < -0.39 is 6.10 Å². The van der Waals surface area contributed by atoms with Gasteiger partial charge in [-0.2, -0.15) is 0 Å². The maximum absolute atomic E-state index is 11.2. The van der Waals surface area contributed by atoms with E-state index in [2.05, 4.69) is 27.3 Å². The summed E-state index contributed by atoms with van der Waals surface area (Å²) in [5.74, 6) is -0.0809. The van der Waals surface area contributed by atoms with Gasteiger partial charge in [-0.25, -0.2) is 0 Å². The van der Waals surface area contributed by atoms with Crippen molar-refractivity contribution in [3.05, 3.63) is 42.1 Å². The van der Waals surface area contributed by atoms with Gasteiger partial charge in [0.2, 0.25) is 5.91 Å². The van der Waals surface area contributed by atoms with Crippen LogP contribution in [-0.4, -0.2) is 46.1 Å². The van der Waals surface area contributed by atoms with E-state index in [1.165, 1.54) is 17.9 Å². The molecule has 3 rings (SSSR count). The van der Waals surface area contributed by atoms with Crippen molar-refractivity contribution in [2.24, 2.45) is 0 Å². The normalized spacial score (nSPS) is 22.7. The molecule has 0 saturated carbocycles. The van der Waals surface area contributed by atoms with Gasteiger partial charge in [0.15, 0.2) is 0 Å². The predicted octanol–water partition coefficient (Wildman–Crippen LogP) is 1.70. The molecular weight excluding hydrogens is 290 g/mol. The second kappa shape index (κ2) is 7.06. The van der Waals surface area contributed by atoms with Crippen LogP contribution in [0.5, 0.6) is 0 Å². The molecule has 23 heavy (non-hydrogen) atoms. The molecule has 5 nitrogen and oxygen atoms in total. The molecule has 0 bridgehead atoms. The smallest absolute Gasteiger partial charge is 0.217 e.